The Labute approximate surface area is 488 Å². The van der Waals surface area contributed by atoms with Crippen molar-refractivity contribution in [1.82, 2.24) is 0 Å². The van der Waals surface area contributed by atoms with E-state index >= 15 is 0 Å². The summed E-state index contributed by atoms with van der Waals surface area (Å²) in [4.78, 5) is 38.4. The van der Waals surface area contributed by atoms with Crippen LogP contribution in [0.2, 0.25) is 0 Å². The zero-order valence-electron chi connectivity index (χ0n) is 51.6. The SMILES string of the molecule is CC/C=C\C/C=C\C/C=C\C/C=C\C/C=C\CCCC(=O)OCC(COC(=O)CCCCCCCCCCCC/C=C\C/C=C\C/C=C\C/C=C\CC)OC(=O)CCCCCCCCCCC/C=C\CCCCCCCCCC. The standard InChI is InChI=1S/C73H122O6/c1-4-7-10-13-16-19-22-25-28-31-33-35-36-38-39-42-45-48-51-54-57-60-63-66-72(75)78-69-70(68-77-71(74)65-62-59-56-53-50-47-44-41-30-27-24-21-18-15-12-9-6-3)79-73(76)67-64-61-58-55-52-49-46-43-40-37-34-32-29-26-23-20-17-14-11-8-5-2/h7,9-10,12,16,18-19,21,25,27-28,30,32-35,44,47,53,56,70H,4-6,8,11,13-15,17,20,22-24,26,29,31,36-43,45-46,48-52,54-55,57-69H2,1-3H3/b10-7-,12-9-,19-16-,21-18-,28-25-,30-27-,34-32-,35-33-,47-44-,56-53-. The topological polar surface area (TPSA) is 78.9 Å². The van der Waals surface area contributed by atoms with Gasteiger partial charge in [0.1, 0.15) is 13.2 Å². The highest BCUT2D eigenvalue weighted by Gasteiger charge is 2.19. The molecule has 0 aromatic carbocycles. The van der Waals surface area contributed by atoms with Crippen molar-refractivity contribution in [3.8, 4) is 0 Å². The fourth-order valence-electron chi connectivity index (χ4n) is 9.05. The maximum absolute atomic E-state index is 12.9. The Morgan fingerprint density at radius 2 is 0.506 bits per heavy atom. The third-order valence-electron chi connectivity index (χ3n) is 13.9. The molecular weight excluding hydrogens is 973 g/mol. The molecule has 6 heteroatoms. The number of allylic oxidation sites excluding steroid dienone is 20. The van der Waals surface area contributed by atoms with Gasteiger partial charge in [-0.25, -0.2) is 0 Å². The molecule has 0 fully saturated rings. The molecule has 0 spiro atoms. The van der Waals surface area contributed by atoms with Crippen molar-refractivity contribution < 1.29 is 28.6 Å². The Hall–Kier alpha value is -4.19. The molecule has 0 amide bonds. The fourth-order valence-corrected chi connectivity index (χ4v) is 9.05. The van der Waals surface area contributed by atoms with Gasteiger partial charge in [-0.3, -0.25) is 14.4 Å². The van der Waals surface area contributed by atoms with E-state index in [9.17, 15) is 14.4 Å². The van der Waals surface area contributed by atoms with Crippen LogP contribution in [0.5, 0.6) is 0 Å². The number of carbonyl (C=O) groups excluding carboxylic acids is 3. The normalized spacial score (nSPS) is 12.9. The number of rotatable bonds is 59. The highest BCUT2D eigenvalue weighted by molar-refractivity contribution is 5.71. The lowest BCUT2D eigenvalue weighted by Gasteiger charge is -2.18. The zero-order chi connectivity index (χ0) is 57.1. The van der Waals surface area contributed by atoms with Gasteiger partial charge in [0.2, 0.25) is 0 Å². The van der Waals surface area contributed by atoms with E-state index in [0.717, 1.165) is 103 Å². The van der Waals surface area contributed by atoms with E-state index in [4.69, 9.17) is 14.2 Å². The second-order valence-corrected chi connectivity index (χ2v) is 21.6. The highest BCUT2D eigenvalue weighted by Crippen LogP contribution is 2.16. The first-order valence-electron chi connectivity index (χ1n) is 33.0. The molecule has 450 valence electrons. The van der Waals surface area contributed by atoms with E-state index in [-0.39, 0.29) is 37.5 Å². The van der Waals surface area contributed by atoms with Gasteiger partial charge < -0.3 is 14.2 Å². The molecule has 0 aromatic rings. The van der Waals surface area contributed by atoms with Gasteiger partial charge in [-0.2, -0.15) is 0 Å². The molecule has 0 saturated heterocycles. The Bertz CT molecular complexity index is 1640. The van der Waals surface area contributed by atoms with Gasteiger partial charge in [0.25, 0.3) is 0 Å². The summed E-state index contributed by atoms with van der Waals surface area (Å²) in [5, 5.41) is 0. The smallest absolute Gasteiger partial charge is 0.306 e. The minimum absolute atomic E-state index is 0.100. The minimum atomic E-state index is -0.809. The number of hydrogen-bond acceptors (Lipinski definition) is 6. The molecule has 6 nitrogen and oxygen atoms in total. The third-order valence-corrected chi connectivity index (χ3v) is 13.9. The first-order valence-corrected chi connectivity index (χ1v) is 33.0. The molecule has 79 heavy (non-hydrogen) atoms. The van der Waals surface area contributed by atoms with Crippen LogP contribution in [-0.4, -0.2) is 37.2 Å². The summed E-state index contributed by atoms with van der Waals surface area (Å²) in [5.41, 5.74) is 0. The van der Waals surface area contributed by atoms with Crippen LogP contribution in [0.15, 0.2) is 122 Å². The van der Waals surface area contributed by atoms with Gasteiger partial charge in [0.15, 0.2) is 6.10 Å². The van der Waals surface area contributed by atoms with E-state index in [1.165, 1.54) is 154 Å². The molecule has 0 rings (SSSR count). The summed E-state index contributed by atoms with van der Waals surface area (Å²) in [6, 6.07) is 0. The summed E-state index contributed by atoms with van der Waals surface area (Å²) >= 11 is 0. The Balaban J connectivity index is 4.44. The molecule has 0 aliphatic rings. The molecule has 0 radical (unpaired) electrons. The van der Waals surface area contributed by atoms with Crippen LogP contribution < -0.4 is 0 Å². The van der Waals surface area contributed by atoms with E-state index in [2.05, 4.69) is 142 Å². The van der Waals surface area contributed by atoms with Gasteiger partial charge in [-0.05, 0) is 122 Å². The summed E-state index contributed by atoms with van der Waals surface area (Å²) in [6.07, 6.45) is 92.1. The molecular formula is C73H122O6. The van der Waals surface area contributed by atoms with E-state index in [1.807, 2.05) is 0 Å². The van der Waals surface area contributed by atoms with Crippen LogP contribution in [-0.2, 0) is 28.6 Å². The summed E-state index contributed by atoms with van der Waals surface area (Å²) < 4.78 is 16.9. The largest absolute Gasteiger partial charge is 0.462 e. The molecule has 0 aliphatic carbocycles. The van der Waals surface area contributed by atoms with E-state index in [0.29, 0.717) is 19.3 Å². The average Bonchev–Trinajstić information content (AvgIpc) is 3.45. The third kappa shape index (κ3) is 64.5. The first kappa shape index (κ1) is 74.8. The fraction of sp³-hybridized carbons (Fsp3) is 0.685. The minimum Gasteiger partial charge on any atom is -0.462 e. The molecule has 0 bridgehead atoms. The predicted octanol–water partition coefficient (Wildman–Crippen LogP) is 22.8. The number of carbonyl (C=O) groups is 3. The molecule has 0 saturated carbocycles. The number of unbranched alkanes of at least 4 members (excludes halogenated alkanes) is 28. The van der Waals surface area contributed by atoms with Crippen molar-refractivity contribution in [2.24, 2.45) is 0 Å². The Kier molecular flexibility index (Phi) is 62.8. The van der Waals surface area contributed by atoms with Crippen LogP contribution >= 0.6 is 0 Å². The number of esters is 3. The number of hydrogen-bond donors (Lipinski definition) is 0. The molecule has 0 N–H and O–H groups in total. The van der Waals surface area contributed by atoms with Crippen LogP contribution in [0.4, 0.5) is 0 Å². The average molecular weight is 1100 g/mol. The predicted molar refractivity (Wildman–Crippen MR) is 343 cm³/mol. The van der Waals surface area contributed by atoms with Gasteiger partial charge >= 0.3 is 17.9 Å². The lowest BCUT2D eigenvalue weighted by atomic mass is 10.0. The van der Waals surface area contributed by atoms with Crippen molar-refractivity contribution >= 4 is 17.9 Å². The second-order valence-electron chi connectivity index (χ2n) is 21.6. The molecule has 1 unspecified atom stereocenters. The highest BCUT2D eigenvalue weighted by atomic mass is 16.6. The van der Waals surface area contributed by atoms with Crippen molar-refractivity contribution in [3.63, 3.8) is 0 Å². The molecule has 1 atom stereocenters. The van der Waals surface area contributed by atoms with Crippen molar-refractivity contribution in [1.29, 1.82) is 0 Å². The number of ether oxygens (including phenoxy) is 3. The maximum Gasteiger partial charge on any atom is 0.306 e. The Morgan fingerprint density at radius 3 is 0.835 bits per heavy atom. The van der Waals surface area contributed by atoms with E-state index < -0.39 is 6.10 Å². The Morgan fingerprint density at radius 1 is 0.266 bits per heavy atom. The maximum atomic E-state index is 12.9. The summed E-state index contributed by atoms with van der Waals surface area (Å²) in [7, 11) is 0. The molecule has 0 heterocycles. The van der Waals surface area contributed by atoms with Gasteiger partial charge in [0.05, 0.1) is 0 Å². The van der Waals surface area contributed by atoms with Crippen LogP contribution in [0.25, 0.3) is 0 Å². The monoisotopic (exact) mass is 1090 g/mol. The zero-order valence-corrected chi connectivity index (χ0v) is 51.6. The van der Waals surface area contributed by atoms with Gasteiger partial charge in [-0.1, -0.05) is 284 Å². The molecule has 0 aliphatic heterocycles. The van der Waals surface area contributed by atoms with Gasteiger partial charge in [0, 0.05) is 19.3 Å². The molecule has 0 aromatic heterocycles. The van der Waals surface area contributed by atoms with Crippen molar-refractivity contribution in [2.75, 3.05) is 13.2 Å². The van der Waals surface area contributed by atoms with Crippen LogP contribution in [0, 0.1) is 0 Å². The lowest BCUT2D eigenvalue weighted by molar-refractivity contribution is -0.167. The first-order chi connectivity index (χ1) is 39.0. The van der Waals surface area contributed by atoms with Crippen LogP contribution in [0.1, 0.15) is 303 Å². The van der Waals surface area contributed by atoms with E-state index in [1.54, 1.807) is 0 Å². The van der Waals surface area contributed by atoms with Crippen LogP contribution in [0.3, 0.4) is 0 Å². The lowest BCUT2D eigenvalue weighted by Crippen LogP contribution is -2.30. The summed E-state index contributed by atoms with van der Waals surface area (Å²) in [6.45, 7) is 6.38. The quantitative estimate of drug-likeness (QED) is 0.0261. The summed E-state index contributed by atoms with van der Waals surface area (Å²) in [5.74, 6) is -0.960. The van der Waals surface area contributed by atoms with Crippen molar-refractivity contribution in [3.05, 3.63) is 122 Å². The second kappa shape index (κ2) is 66.3. The van der Waals surface area contributed by atoms with Crippen molar-refractivity contribution in [2.45, 2.75) is 309 Å². The van der Waals surface area contributed by atoms with Gasteiger partial charge in [-0.15, -0.1) is 0 Å².